The Kier molecular flexibility index (Phi) is 4.83. The molecule has 0 saturated heterocycles. The number of hydrogen-bond donors (Lipinski definition) is 0. The molecule has 1 atom stereocenters. The molecule has 4 rings (SSSR count). The van der Waals surface area contributed by atoms with Crippen LogP contribution in [0, 0.1) is 0 Å². The molecular weight excluding hydrogens is 344 g/mol. The first kappa shape index (κ1) is 17.3. The van der Waals surface area contributed by atoms with Crippen molar-refractivity contribution in [3.8, 4) is 0 Å². The Morgan fingerprint density at radius 2 is 2.00 bits per heavy atom. The average molecular weight is 366 g/mol. The predicted molar refractivity (Wildman–Crippen MR) is 106 cm³/mol. The Hall–Kier alpha value is -2.11. The third kappa shape index (κ3) is 2.95. The maximum Gasteiger partial charge on any atom is 0.277 e. The van der Waals surface area contributed by atoms with Crippen LogP contribution < -0.4 is 5.56 Å². The SMILES string of the molecule is CCOC1CSc2nc(=O)c(CC)c(Cc3cccc4ccccc34)n21. The second-order valence-electron chi connectivity index (χ2n) is 6.38. The molecule has 26 heavy (non-hydrogen) atoms. The summed E-state index contributed by atoms with van der Waals surface area (Å²) in [5.74, 6) is 0.802. The number of benzene rings is 2. The van der Waals surface area contributed by atoms with Crippen LogP contribution in [-0.2, 0) is 17.6 Å². The lowest BCUT2D eigenvalue weighted by Crippen LogP contribution is -2.25. The zero-order chi connectivity index (χ0) is 18.1. The van der Waals surface area contributed by atoms with E-state index >= 15 is 0 Å². The fourth-order valence-electron chi connectivity index (χ4n) is 3.70. The fourth-order valence-corrected chi connectivity index (χ4v) is 4.75. The molecule has 1 aliphatic rings. The van der Waals surface area contributed by atoms with Crippen molar-refractivity contribution in [2.24, 2.45) is 0 Å². The van der Waals surface area contributed by atoms with Gasteiger partial charge in [-0.05, 0) is 29.7 Å². The van der Waals surface area contributed by atoms with Gasteiger partial charge in [-0.25, -0.2) is 0 Å². The standard InChI is InChI=1S/C21H22N2O2S/c1-3-16-18(12-15-10-7-9-14-8-5-6-11-17(14)15)23-19(25-4-2)13-26-21(23)22-20(16)24/h5-11,19H,3-4,12-13H2,1-2H3. The molecule has 1 aliphatic heterocycles. The largest absolute Gasteiger partial charge is 0.357 e. The lowest BCUT2D eigenvalue weighted by molar-refractivity contribution is 0.0238. The summed E-state index contributed by atoms with van der Waals surface area (Å²) in [6.45, 7) is 4.67. The second kappa shape index (κ2) is 7.25. The summed E-state index contributed by atoms with van der Waals surface area (Å²) in [6, 6.07) is 14.8. The monoisotopic (exact) mass is 366 g/mol. The van der Waals surface area contributed by atoms with Crippen molar-refractivity contribution in [3.63, 3.8) is 0 Å². The van der Waals surface area contributed by atoms with E-state index in [1.165, 1.54) is 16.3 Å². The molecule has 1 aromatic heterocycles. The minimum absolute atomic E-state index is 0.0524. The van der Waals surface area contributed by atoms with E-state index in [9.17, 15) is 4.79 Å². The molecule has 134 valence electrons. The maximum atomic E-state index is 12.6. The first-order chi connectivity index (χ1) is 12.7. The summed E-state index contributed by atoms with van der Waals surface area (Å²) in [6.07, 6.45) is 1.33. The number of nitrogens with zero attached hydrogens (tertiary/aromatic N) is 2. The Balaban J connectivity index is 1.89. The number of hydrogen-bond acceptors (Lipinski definition) is 4. The van der Waals surface area contributed by atoms with Crippen molar-refractivity contribution in [1.29, 1.82) is 0 Å². The normalized spacial score (nSPS) is 16.2. The van der Waals surface area contributed by atoms with Gasteiger partial charge in [-0.15, -0.1) is 0 Å². The quantitative estimate of drug-likeness (QED) is 0.635. The van der Waals surface area contributed by atoms with Gasteiger partial charge in [0.25, 0.3) is 5.56 Å². The van der Waals surface area contributed by atoms with E-state index in [1.807, 2.05) is 13.8 Å². The van der Waals surface area contributed by atoms with Gasteiger partial charge in [-0.2, -0.15) is 4.98 Å². The Morgan fingerprint density at radius 3 is 2.81 bits per heavy atom. The highest BCUT2D eigenvalue weighted by atomic mass is 32.2. The van der Waals surface area contributed by atoms with Crippen LogP contribution in [0.25, 0.3) is 10.8 Å². The van der Waals surface area contributed by atoms with Crippen LogP contribution in [0.5, 0.6) is 0 Å². The summed E-state index contributed by atoms with van der Waals surface area (Å²) in [5, 5.41) is 3.23. The first-order valence-corrected chi connectivity index (χ1v) is 10.1. The number of thioether (sulfide) groups is 1. The second-order valence-corrected chi connectivity index (χ2v) is 7.37. The average Bonchev–Trinajstić information content (AvgIpc) is 3.05. The van der Waals surface area contributed by atoms with Gasteiger partial charge in [0, 0.05) is 30.0 Å². The Labute approximate surface area is 157 Å². The van der Waals surface area contributed by atoms with E-state index < -0.39 is 0 Å². The molecule has 0 saturated carbocycles. The summed E-state index contributed by atoms with van der Waals surface area (Å²) >= 11 is 1.60. The molecule has 5 heteroatoms. The van der Waals surface area contributed by atoms with Crippen molar-refractivity contribution < 1.29 is 4.74 Å². The highest BCUT2D eigenvalue weighted by Crippen LogP contribution is 2.35. The summed E-state index contributed by atoms with van der Waals surface area (Å²) in [5.41, 5.74) is 2.97. The van der Waals surface area contributed by atoms with Gasteiger partial charge in [0.2, 0.25) is 0 Å². The number of rotatable bonds is 5. The molecule has 0 fully saturated rings. The number of ether oxygens (including phenoxy) is 1. The zero-order valence-electron chi connectivity index (χ0n) is 15.1. The molecule has 0 aliphatic carbocycles. The minimum Gasteiger partial charge on any atom is -0.357 e. The minimum atomic E-state index is -0.0985. The van der Waals surface area contributed by atoms with Crippen molar-refractivity contribution in [1.82, 2.24) is 9.55 Å². The Morgan fingerprint density at radius 1 is 1.19 bits per heavy atom. The molecule has 2 aromatic carbocycles. The van der Waals surface area contributed by atoms with Gasteiger partial charge in [-0.3, -0.25) is 9.36 Å². The molecule has 1 unspecified atom stereocenters. The smallest absolute Gasteiger partial charge is 0.277 e. The molecule has 3 aromatic rings. The van der Waals surface area contributed by atoms with Crippen molar-refractivity contribution in [2.75, 3.05) is 12.4 Å². The third-order valence-electron chi connectivity index (χ3n) is 4.89. The molecule has 0 amide bonds. The van der Waals surface area contributed by atoms with Crippen molar-refractivity contribution in [3.05, 3.63) is 69.6 Å². The van der Waals surface area contributed by atoms with Crippen LogP contribution in [0.15, 0.2) is 52.4 Å². The molecule has 0 radical (unpaired) electrons. The summed E-state index contributed by atoms with van der Waals surface area (Å²) < 4.78 is 8.08. The van der Waals surface area contributed by atoms with Crippen LogP contribution in [-0.4, -0.2) is 21.9 Å². The van der Waals surface area contributed by atoms with E-state index in [-0.39, 0.29) is 11.8 Å². The lowest BCUT2D eigenvalue weighted by Gasteiger charge is -2.21. The zero-order valence-corrected chi connectivity index (χ0v) is 15.9. The van der Waals surface area contributed by atoms with Gasteiger partial charge in [-0.1, -0.05) is 61.2 Å². The summed E-state index contributed by atoms with van der Waals surface area (Å²) in [7, 11) is 0. The maximum absolute atomic E-state index is 12.6. The lowest BCUT2D eigenvalue weighted by atomic mass is 9.98. The van der Waals surface area contributed by atoms with E-state index in [1.54, 1.807) is 11.8 Å². The molecule has 0 N–H and O–H groups in total. The van der Waals surface area contributed by atoms with Gasteiger partial charge in [0.05, 0.1) is 0 Å². The Bertz CT molecular complexity index is 1010. The van der Waals surface area contributed by atoms with E-state index in [0.29, 0.717) is 19.4 Å². The predicted octanol–water partition coefficient (Wildman–Crippen LogP) is 4.19. The third-order valence-corrected chi connectivity index (χ3v) is 5.89. The first-order valence-electron chi connectivity index (χ1n) is 9.08. The van der Waals surface area contributed by atoms with E-state index in [4.69, 9.17) is 4.74 Å². The highest BCUT2D eigenvalue weighted by Gasteiger charge is 2.28. The van der Waals surface area contributed by atoms with Gasteiger partial charge in [0.1, 0.15) is 6.23 Å². The van der Waals surface area contributed by atoms with Gasteiger partial charge in [0.15, 0.2) is 5.16 Å². The highest BCUT2D eigenvalue weighted by molar-refractivity contribution is 7.99. The van der Waals surface area contributed by atoms with Crippen LogP contribution in [0.2, 0.25) is 0 Å². The van der Waals surface area contributed by atoms with Crippen molar-refractivity contribution >= 4 is 22.5 Å². The van der Waals surface area contributed by atoms with Crippen LogP contribution in [0.3, 0.4) is 0 Å². The van der Waals surface area contributed by atoms with E-state index in [0.717, 1.165) is 22.2 Å². The fraction of sp³-hybridized carbons (Fsp3) is 0.333. The topological polar surface area (TPSA) is 44.1 Å². The molecular formula is C21H22N2O2S. The van der Waals surface area contributed by atoms with Crippen molar-refractivity contribution in [2.45, 2.75) is 38.1 Å². The van der Waals surface area contributed by atoms with Gasteiger partial charge < -0.3 is 4.74 Å². The van der Waals surface area contributed by atoms with E-state index in [2.05, 4.69) is 52.0 Å². The van der Waals surface area contributed by atoms with Gasteiger partial charge >= 0.3 is 0 Å². The number of aromatic nitrogens is 2. The van der Waals surface area contributed by atoms with Crippen LogP contribution in [0.1, 0.15) is 36.9 Å². The number of fused-ring (bicyclic) bond motifs is 2. The molecule has 0 bridgehead atoms. The molecule has 2 heterocycles. The van der Waals surface area contributed by atoms with Crippen LogP contribution in [0.4, 0.5) is 0 Å². The summed E-state index contributed by atoms with van der Waals surface area (Å²) in [4.78, 5) is 16.9. The molecule has 4 nitrogen and oxygen atoms in total. The molecule has 0 spiro atoms. The van der Waals surface area contributed by atoms with Crippen LogP contribution >= 0.6 is 11.8 Å².